The number of hydrogen-bond donors (Lipinski definition) is 2. The summed E-state index contributed by atoms with van der Waals surface area (Å²) in [7, 11) is 0. The van der Waals surface area contributed by atoms with Crippen LogP contribution in [0.1, 0.15) is 38.5 Å². The molecule has 0 bridgehead atoms. The number of anilines is 1. The van der Waals surface area contributed by atoms with E-state index in [0.29, 0.717) is 34.7 Å². The topological polar surface area (TPSA) is 41.1 Å². The first-order chi connectivity index (χ1) is 9.63. The second kappa shape index (κ2) is 7.87. The van der Waals surface area contributed by atoms with Crippen LogP contribution in [0.25, 0.3) is 0 Å². The Kier molecular flexibility index (Phi) is 6.14. The molecule has 0 heterocycles. The van der Waals surface area contributed by atoms with Crippen LogP contribution in [0.15, 0.2) is 18.2 Å². The van der Waals surface area contributed by atoms with Crippen molar-refractivity contribution in [1.82, 2.24) is 5.32 Å². The van der Waals surface area contributed by atoms with Crippen LogP contribution in [-0.4, -0.2) is 18.5 Å². The highest BCUT2D eigenvalue weighted by atomic mass is 35.5. The Labute approximate surface area is 130 Å². The summed E-state index contributed by atoms with van der Waals surface area (Å²) in [6.07, 6.45) is 6.85. The third kappa shape index (κ3) is 5.31. The molecule has 1 amide bonds. The molecule has 0 spiro atoms. The highest BCUT2D eigenvalue weighted by Crippen LogP contribution is 2.22. The zero-order chi connectivity index (χ0) is 14.4. The van der Waals surface area contributed by atoms with Gasteiger partial charge in [0, 0.05) is 34.7 Å². The van der Waals surface area contributed by atoms with E-state index in [2.05, 4.69) is 10.6 Å². The lowest BCUT2D eigenvalue weighted by Crippen LogP contribution is -2.33. The number of benzene rings is 1. The van der Waals surface area contributed by atoms with Crippen molar-refractivity contribution in [2.24, 2.45) is 0 Å². The second-order valence-corrected chi connectivity index (χ2v) is 6.12. The summed E-state index contributed by atoms with van der Waals surface area (Å²) >= 11 is 11.8. The standard InChI is InChI=1S/C15H20Cl2N2O/c16-11-8-12(17)10-14(9-11)19-15(20)6-7-18-13-4-2-1-3-5-13/h8-10,13,18H,1-7H2,(H,19,20). The lowest BCUT2D eigenvalue weighted by Gasteiger charge is -2.22. The Morgan fingerprint density at radius 3 is 2.40 bits per heavy atom. The average molecular weight is 315 g/mol. The summed E-state index contributed by atoms with van der Waals surface area (Å²) in [4.78, 5) is 11.8. The van der Waals surface area contributed by atoms with E-state index in [9.17, 15) is 4.79 Å². The van der Waals surface area contributed by atoms with Gasteiger partial charge in [0.2, 0.25) is 5.91 Å². The summed E-state index contributed by atoms with van der Waals surface area (Å²) in [6, 6.07) is 5.61. The maximum atomic E-state index is 11.8. The van der Waals surface area contributed by atoms with Crippen molar-refractivity contribution in [1.29, 1.82) is 0 Å². The van der Waals surface area contributed by atoms with Crippen molar-refractivity contribution in [3.63, 3.8) is 0 Å². The summed E-state index contributed by atoms with van der Waals surface area (Å²) in [6.45, 7) is 0.713. The van der Waals surface area contributed by atoms with E-state index >= 15 is 0 Å². The second-order valence-electron chi connectivity index (χ2n) is 5.25. The molecule has 0 aromatic heterocycles. The Morgan fingerprint density at radius 1 is 1.10 bits per heavy atom. The molecular weight excluding hydrogens is 295 g/mol. The van der Waals surface area contributed by atoms with Gasteiger partial charge in [0.1, 0.15) is 0 Å². The van der Waals surface area contributed by atoms with E-state index in [1.165, 1.54) is 32.1 Å². The highest BCUT2D eigenvalue weighted by Gasteiger charge is 2.12. The van der Waals surface area contributed by atoms with Crippen LogP contribution in [0.5, 0.6) is 0 Å². The first-order valence-corrected chi connectivity index (χ1v) is 7.88. The van der Waals surface area contributed by atoms with Crippen LogP contribution in [0, 0.1) is 0 Å². The molecule has 1 fully saturated rings. The molecule has 1 aromatic rings. The van der Waals surface area contributed by atoms with Crippen LogP contribution in [-0.2, 0) is 4.79 Å². The lowest BCUT2D eigenvalue weighted by atomic mass is 9.95. The smallest absolute Gasteiger partial charge is 0.225 e. The van der Waals surface area contributed by atoms with Gasteiger partial charge < -0.3 is 10.6 Å². The normalized spacial score (nSPS) is 16.1. The van der Waals surface area contributed by atoms with Crippen LogP contribution in [0.3, 0.4) is 0 Å². The molecule has 1 saturated carbocycles. The summed E-state index contributed by atoms with van der Waals surface area (Å²) in [5.74, 6) is -0.0216. The van der Waals surface area contributed by atoms with E-state index in [0.717, 1.165) is 0 Å². The number of rotatable bonds is 5. The van der Waals surface area contributed by atoms with Crippen molar-refractivity contribution < 1.29 is 4.79 Å². The SMILES string of the molecule is O=C(CCNC1CCCCC1)Nc1cc(Cl)cc(Cl)c1. The summed E-state index contributed by atoms with van der Waals surface area (Å²) in [5, 5.41) is 7.30. The number of hydrogen-bond acceptors (Lipinski definition) is 2. The summed E-state index contributed by atoms with van der Waals surface area (Å²) in [5.41, 5.74) is 0.644. The third-order valence-corrected chi connectivity index (χ3v) is 3.97. The number of carbonyl (C=O) groups is 1. The average Bonchev–Trinajstić information content (AvgIpc) is 2.38. The largest absolute Gasteiger partial charge is 0.326 e. The molecule has 0 radical (unpaired) electrons. The van der Waals surface area contributed by atoms with E-state index in [1.54, 1.807) is 18.2 Å². The molecule has 3 nitrogen and oxygen atoms in total. The Morgan fingerprint density at radius 2 is 1.75 bits per heavy atom. The van der Waals surface area contributed by atoms with E-state index in [1.807, 2.05) is 0 Å². The predicted octanol–water partition coefficient (Wildman–Crippen LogP) is 4.24. The van der Waals surface area contributed by atoms with Gasteiger partial charge in [-0.25, -0.2) is 0 Å². The molecule has 1 aliphatic carbocycles. The van der Waals surface area contributed by atoms with Gasteiger partial charge in [0.05, 0.1) is 0 Å². The molecule has 0 atom stereocenters. The van der Waals surface area contributed by atoms with Gasteiger partial charge in [-0.15, -0.1) is 0 Å². The van der Waals surface area contributed by atoms with Gasteiger partial charge in [-0.05, 0) is 31.0 Å². The molecule has 110 valence electrons. The highest BCUT2D eigenvalue weighted by molar-refractivity contribution is 6.35. The van der Waals surface area contributed by atoms with Gasteiger partial charge in [-0.2, -0.15) is 0 Å². The Balaban J connectivity index is 1.72. The number of nitrogens with one attached hydrogen (secondary N) is 2. The quantitative estimate of drug-likeness (QED) is 0.853. The first-order valence-electron chi connectivity index (χ1n) is 7.13. The van der Waals surface area contributed by atoms with Crippen LogP contribution in [0.2, 0.25) is 10.0 Å². The van der Waals surface area contributed by atoms with E-state index in [4.69, 9.17) is 23.2 Å². The van der Waals surface area contributed by atoms with Gasteiger partial charge >= 0.3 is 0 Å². The molecule has 2 N–H and O–H groups in total. The molecular formula is C15H20Cl2N2O. The monoisotopic (exact) mass is 314 g/mol. The van der Waals surface area contributed by atoms with E-state index < -0.39 is 0 Å². The Hall–Kier alpha value is -0.770. The van der Waals surface area contributed by atoms with Crippen LogP contribution >= 0.6 is 23.2 Å². The Bertz CT molecular complexity index is 439. The van der Waals surface area contributed by atoms with Crippen molar-refractivity contribution >= 4 is 34.8 Å². The van der Waals surface area contributed by atoms with Crippen molar-refractivity contribution in [2.45, 2.75) is 44.6 Å². The minimum atomic E-state index is -0.0216. The minimum absolute atomic E-state index is 0.0216. The summed E-state index contributed by atoms with van der Waals surface area (Å²) < 4.78 is 0. The fourth-order valence-corrected chi connectivity index (χ4v) is 3.07. The molecule has 1 aromatic carbocycles. The third-order valence-electron chi connectivity index (χ3n) is 3.54. The maximum Gasteiger partial charge on any atom is 0.225 e. The fourth-order valence-electron chi connectivity index (χ4n) is 2.55. The molecule has 2 rings (SSSR count). The van der Waals surface area contributed by atoms with Gasteiger partial charge in [0.25, 0.3) is 0 Å². The molecule has 1 aliphatic rings. The number of halogens is 2. The van der Waals surface area contributed by atoms with Gasteiger partial charge in [-0.3, -0.25) is 4.79 Å². The molecule has 20 heavy (non-hydrogen) atoms. The van der Waals surface area contributed by atoms with Crippen LogP contribution in [0.4, 0.5) is 5.69 Å². The van der Waals surface area contributed by atoms with Crippen molar-refractivity contribution in [3.05, 3.63) is 28.2 Å². The predicted molar refractivity (Wildman–Crippen MR) is 84.6 cm³/mol. The minimum Gasteiger partial charge on any atom is -0.326 e. The van der Waals surface area contributed by atoms with Crippen molar-refractivity contribution in [2.75, 3.05) is 11.9 Å². The zero-order valence-corrected chi connectivity index (χ0v) is 12.9. The molecule has 0 unspecified atom stereocenters. The van der Waals surface area contributed by atoms with Crippen LogP contribution < -0.4 is 10.6 Å². The zero-order valence-electron chi connectivity index (χ0n) is 11.4. The fraction of sp³-hybridized carbons (Fsp3) is 0.533. The lowest BCUT2D eigenvalue weighted by molar-refractivity contribution is -0.116. The first kappa shape index (κ1) is 15.6. The number of amides is 1. The van der Waals surface area contributed by atoms with Gasteiger partial charge in [0.15, 0.2) is 0 Å². The molecule has 0 saturated heterocycles. The molecule has 0 aliphatic heterocycles. The maximum absolute atomic E-state index is 11.8. The van der Waals surface area contributed by atoms with E-state index in [-0.39, 0.29) is 5.91 Å². The van der Waals surface area contributed by atoms with Gasteiger partial charge in [-0.1, -0.05) is 42.5 Å². The molecule has 5 heteroatoms. The van der Waals surface area contributed by atoms with Crippen molar-refractivity contribution in [3.8, 4) is 0 Å². The number of carbonyl (C=O) groups excluding carboxylic acids is 1.